The van der Waals surface area contributed by atoms with E-state index in [0.717, 1.165) is 4.68 Å². The minimum atomic E-state index is -0.698. The van der Waals surface area contributed by atoms with E-state index >= 15 is 0 Å². The van der Waals surface area contributed by atoms with Gasteiger partial charge in [0.1, 0.15) is 18.4 Å². The summed E-state index contributed by atoms with van der Waals surface area (Å²) in [5, 5.41) is 14.9. The molecule has 0 amide bonds. The quantitative estimate of drug-likeness (QED) is 0.419. The van der Waals surface area contributed by atoms with Crippen molar-refractivity contribution in [2.24, 2.45) is 0 Å². The molecule has 0 radical (unpaired) electrons. The van der Waals surface area contributed by atoms with Gasteiger partial charge in [-0.05, 0) is 11.0 Å². The second-order valence-corrected chi connectivity index (χ2v) is 4.73. The standard InChI is InChI=1S/C13H8ClN3O4/c14-10-5-16(15-13(10)17(19)20)6-11(18)9-7-21-12-4-2-1-3-8(9)12/h1-5,7H,6H2. The van der Waals surface area contributed by atoms with E-state index in [-0.39, 0.29) is 17.4 Å². The van der Waals surface area contributed by atoms with Crippen molar-refractivity contribution >= 4 is 34.2 Å². The molecule has 3 rings (SSSR count). The Morgan fingerprint density at radius 2 is 2.19 bits per heavy atom. The Kier molecular flexibility index (Phi) is 3.19. The van der Waals surface area contributed by atoms with Crippen LogP contribution < -0.4 is 0 Å². The average Bonchev–Trinajstić information content (AvgIpc) is 3.02. The summed E-state index contributed by atoms with van der Waals surface area (Å²) in [5.74, 6) is -0.740. The molecule has 0 saturated heterocycles. The summed E-state index contributed by atoms with van der Waals surface area (Å²) in [4.78, 5) is 22.2. The topological polar surface area (TPSA) is 91.2 Å². The van der Waals surface area contributed by atoms with Gasteiger partial charge >= 0.3 is 5.82 Å². The number of aromatic nitrogens is 2. The maximum Gasteiger partial charge on any atom is 0.408 e. The van der Waals surface area contributed by atoms with Crippen LogP contribution in [0.2, 0.25) is 5.02 Å². The number of carbonyl (C=O) groups is 1. The number of hydrogen-bond acceptors (Lipinski definition) is 5. The molecule has 21 heavy (non-hydrogen) atoms. The summed E-state index contributed by atoms with van der Waals surface area (Å²) in [6, 6.07) is 7.12. The van der Waals surface area contributed by atoms with Gasteiger partial charge in [0.05, 0.1) is 16.9 Å². The molecule has 0 bridgehead atoms. The lowest BCUT2D eigenvalue weighted by Crippen LogP contribution is -2.10. The molecule has 2 heterocycles. The van der Waals surface area contributed by atoms with Crippen molar-refractivity contribution in [2.75, 3.05) is 0 Å². The molecule has 3 aromatic rings. The number of furan rings is 1. The van der Waals surface area contributed by atoms with Crippen LogP contribution in [0.25, 0.3) is 11.0 Å². The summed E-state index contributed by atoms with van der Waals surface area (Å²) < 4.78 is 6.43. The smallest absolute Gasteiger partial charge is 0.408 e. The molecule has 0 unspecified atom stereocenters. The van der Waals surface area contributed by atoms with E-state index in [2.05, 4.69) is 5.10 Å². The summed E-state index contributed by atoms with van der Waals surface area (Å²) >= 11 is 5.69. The van der Waals surface area contributed by atoms with Crippen molar-refractivity contribution in [2.45, 2.75) is 6.54 Å². The zero-order valence-electron chi connectivity index (χ0n) is 10.5. The van der Waals surface area contributed by atoms with Crippen LogP contribution in [0, 0.1) is 10.1 Å². The van der Waals surface area contributed by atoms with E-state index < -0.39 is 10.7 Å². The van der Waals surface area contributed by atoms with Gasteiger partial charge in [0.25, 0.3) is 0 Å². The predicted molar refractivity (Wildman–Crippen MR) is 74.4 cm³/mol. The molecule has 0 aliphatic heterocycles. The van der Waals surface area contributed by atoms with Crippen LogP contribution in [-0.2, 0) is 6.54 Å². The number of halogens is 1. The largest absolute Gasteiger partial charge is 0.464 e. The third-order valence-corrected chi connectivity index (χ3v) is 3.23. The first-order valence-electron chi connectivity index (χ1n) is 5.93. The average molecular weight is 306 g/mol. The van der Waals surface area contributed by atoms with Gasteiger partial charge in [0.2, 0.25) is 0 Å². The normalized spacial score (nSPS) is 10.9. The highest BCUT2D eigenvalue weighted by Gasteiger charge is 2.22. The number of benzene rings is 1. The van der Waals surface area contributed by atoms with Gasteiger partial charge in [-0.2, -0.15) is 4.68 Å². The highest BCUT2D eigenvalue weighted by Crippen LogP contribution is 2.23. The second kappa shape index (κ2) is 5.02. The molecule has 0 aliphatic carbocycles. The van der Waals surface area contributed by atoms with Crippen LogP contribution in [0.4, 0.5) is 5.82 Å². The zero-order chi connectivity index (χ0) is 15.0. The molecule has 0 N–H and O–H groups in total. The zero-order valence-corrected chi connectivity index (χ0v) is 11.3. The highest BCUT2D eigenvalue weighted by molar-refractivity contribution is 6.32. The number of nitrogens with zero attached hydrogens (tertiary/aromatic N) is 3. The fourth-order valence-electron chi connectivity index (χ4n) is 2.02. The minimum Gasteiger partial charge on any atom is -0.464 e. The van der Waals surface area contributed by atoms with Crippen molar-refractivity contribution in [3.63, 3.8) is 0 Å². The van der Waals surface area contributed by atoms with E-state index in [4.69, 9.17) is 16.0 Å². The van der Waals surface area contributed by atoms with Gasteiger partial charge in [-0.15, -0.1) is 0 Å². The molecular formula is C13H8ClN3O4. The van der Waals surface area contributed by atoms with Crippen LogP contribution in [0.15, 0.2) is 41.1 Å². The van der Waals surface area contributed by atoms with Gasteiger partial charge in [0, 0.05) is 5.39 Å². The SMILES string of the molecule is O=C(Cn1cc(Cl)c([N+](=O)[O-])n1)c1coc2ccccc12. The molecule has 0 fully saturated rings. The van der Waals surface area contributed by atoms with Gasteiger partial charge in [0.15, 0.2) is 10.8 Å². The Morgan fingerprint density at radius 3 is 2.90 bits per heavy atom. The Morgan fingerprint density at radius 1 is 1.43 bits per heavy atom. The van der Waals surface area contributed by atoms with E-state index in [0.29, 0.717) is 16.5 Å². The Hall–Kier alpha value is -2.67. The summed E-state index contributed by atoms with van der Waals surface area (Å²) in [6.07, 6.45) is 2.62. The monoisotopic (exact) mass is 305 g/mol. The summed E-state index contributed by atoms with van der Waals surface area (Å²) in [5.41, 5.74) is 1.00. The van der Waals surface area contributed by atoms with Gasteiger partial charge in [-0.1, -0.05) is 29.8 Å². The number of nitro groups is 1. The molecular weight excluding hydrogens is 298 g/mol. The Balaban J connectivity index is 1.90. The molecule has 1 aromatic carbocycles. The van der Waals surface area contributed by atoms with Gasteiger partial charge < -0.3 is 14.5 Å². The van der Waals surface area contributed by atoms with E-state index in [9.17, 15) is 14.9 Å². The first kappa shape index (κ1) is 13.3. The molecule has 106 valence electrons. The number of carbonyl (C=O) groups excluding carboxylic acids is 1. The van der Waals surface area contributed by atoms with Gasteiger partial charge in [-0.3, -0.25) is 4.79 Å². The lowest BCUT2D eigenvalue weighted by molar-refractivity contribution is -0.389. The fraction of sp³-hybridized carbons (Fsp3) is 0.0769. The van der Waals surface area contributed by atoms with Crippen molar-refractivity contribution in [1.29, 1.82) is 0 Å². The third-order valence-electron chi connectivity index (χ3n) is 2.96. The maximum atomic E-state index is 12.2. The first-order valence-corrected chi connectivity index (χ1v) is 6.31. The van der Waals surface area contributed by atoms with Crippen molar-refractivity contribution < 1.29 is 14.1 Å². The summed E-state index contributed by atoms with van der Waals surface area (Å²) in [6.45, 7) is -0.156. The van der Waals surface area contributed by atoms with Crippen molar-refractivity contribution in [1.82, 2.24) is 9.78 Å². The first-order chi connectivity index (χ1) is 10.1. The van der Waals surface area contributed by atoms with Crippen molar-refractivity contribution in [3.8, 4) is 0 Å². The molecule has 0 atom stereocenters. The van der Waals surface area contributed by atoms with Crippen LogP contribution in [0.5, 0.6) is 0 Å². The van der Waals surface area contributed by atoms with Crippen LogP contribution in [0.3, 0.4) is 0 Å². The maximum absolute atomic E-state index is 12.2. The number of rotatable bonds is 4. The summed E-state index contributed by atoms with van der Waals surface area (Å²) in [7, 11) is 0. The van der Waals surface area contributed by atoms with Crippen molar-refractivity contribution in [3.05, 3.63) is 57.4 Å². The Labute approximate surface area is 122 Å². The van der Waals surface area contributed by atoms with Gasteiger partial charge in [-0.25, -0.2) is 0 Å². The molecule has 0 saturated carbocycles. The molecule has 7 nitrogen and oxygen atoms in total. The van der Waals surface area contributed by atoms with E-state index in [1.807, 2.05) is 0 Å². The van der Waals surface area contributed by atoms with Crippen LogP contribution in [0.1, 0.15) is 10.4 Å². The molecule has 0 aliphatic rings. The molecule has 8 heteroatoms. The van der Waals surface area contributed by atoms with Crippen LogP contribution in [-0.4, -0.2) is 20.5 Å². The van der Waals surface area contributed by atoms with E-state index in [1.54, 1.807) is 24.3 Å². The second-order valence-electron chi connectivity index (χ2n) is 4.32. The molecule has 0 spiro atoms. The third kappa shape index (κ3) is 2.38. The Bertz CT molecular complexity index is 852. The number of Topliss-reactive ketones (excluding diaryl/α,β-unsaturated/α-hetero) is 1. The highest BCUT2D eigenvalue weighted by atomic mass is 35.5. The predicted octanol–water partition coefficient (Wildman–Crippen LogP) is 3.07. The van der Waals surface area contributed by atoms with Crippen LogP contribution >= 0.6 is 11.6 Å². The molecule has 2 aromatic heterocycles. The lowest BCUT2D eigenvalue weighted by atomic mass is 10.1. The lowest BCUT2D eigenvalue weighted by Gasteiger charge is -1.96. The number of ketones is 1. The number of fused-ring (bicyclic) bond motifs is 1. The van der Waals surface area contributed by atoms with E-state index in [1.165, 1.54) is 12.5 Å². The minimum absolute atomic E-state index is 0.107. The number of hydrogen-bond donors (Lipinski definition) is 0. The fourth-order valence-corrected chi connectivity index (χ4v) is 2.24. The number of para-hydroxylation sites is 1.